The number of halogens is 1. The van der Waals surface area contributed by atoms with Crippen LogP contribution in [0.1, 0.15) is 58.9 Å². The predicted molar refractivity (Wildman–Crippen MR) is 99.1 cm³/mol. The van der Waals surface area contributed by atoms with Crippen LogP contribution in [-0.4, -0.2) is 19.9 Å². The van der Waals surface area contributed by atoms with E-state index in [2.05, 4.69) is 44.4 Å². The van der Waals surface area contributed by atoms with Gasteiger partial charge in [-0.05, 0) is 48.8 Å². The molecule has 0 aromatic heterocycles. The Morgan fingerprint density at radius 2 is 1.83 bits per heavy atom. The molecule has 1 aromatic rings. The number of nitrogens with one attached hydrogen (secondary N) is 2. The van der Waals surface area contributed by atoms with E-state index in [1.807, 2.05) is 12.1 Å². The summed E-state index contributed by atoms with van der Waals surface area (Å²) in [6.45, 7) is 9.67. The quantitative estimate of drug-likeness (QED) is 0.704. The highest BCUT2D eigenvalue weighted by Crippen LogP contribution is 2.47. The first-order chi connectivity index (χ1) is 10.8. The van der Waals surface area contributed by atoms with Crippen LogP contribution in [0.15, 0.2) is 18.2 Å². The Morgan fingerprint density at radius 1 is 1.17 bits per heavy atom. The van der Waals surface area contributed by atoms with Gasteiger partial charge in [-0.1, -0.05) is 45.4 Å². The fourth-order valence-corrected chi connectivity index (χ4v) is 3.80. The minimum atomic E-state index is 0.00432. The van der Waals surface area contributed by atoms with Crippen molar-refractivity contribution in [2.24, 2.45) is 5.41 Å². The molecule has 0 aliphatic heterocycles. The second-order valence-electron chi connectivity index (χ2n) is 7.85. The molecule has 2 N–H and O–H groups in total. The molecule has 0 spiro atoms. The van der Waals surface area contributed by atoms with Gasteiger partial charge in [0.05, 0.1) is 0 Å². The van der Waals surface area contributed by atoms with E-state index >= 15 is 0 Å². The van der Waals surface area contributed by atoms with Crippen molar-refractivity contribution in [3.63, 3.8) is 0 Å². The molecule has 0 bridgehead atoms. The first-order valence-electron chi connectivity index (χ1n) is 8.59. The van der Waals surface area contributed by atoms with E-state index in [9.17, 15) is 0 Å². The highest BCUT2D eigenvalue weighted by atomic mass is 35.5. The molecular weight excluding hydrogens is 308 g/mol. The lowest BCUT2D eigenvalue weighted by atomic mass is 9.66. The Bertz CT molecular complexity index is 518. The molecule has 4 heteroatoms. The highest BCUT2D eigenvalue weighted by Gasteiger charge is 2.41. The summed E-state index contributed by atoms with van der Waals surface area (Å²) >= 11 is 6.23. The fraction of sp³-hybridized carbons (Fsp3) is 0.684. The average Bonchev–Trinajstić information content (AvgIpc) is 2.47. The second kappa shape index (κ2) is 7.42. The van der Waals surface area contributed by atoms with Gasteiger partial charge < -0.3 is 15.4 Å². The van der Waals surface area contributed by atoms with E-state index in [0.29, 0.717) is 18.2 Å². The third-order valence-corrected chi connectivity index (χ3v) is 5.16. The topological polar surface area (TPSA) is 33.3 Å². The smallest absolute Gasteiger partial charge is 0.116 e. The van der Waals surface area contributed by atoms with E-state index in [4.69, 9.17) is 16.3 Å². The maximum atomic E-state index is 6.23. The van der Waals surface area contributed by atoms with Gasteiger partial charge >= 0.3 is 0 Å². The van der Waals surface area contributed by atoms with Crippen LogP contribution in [0.25, 0.3) is 0 Å². The van der Waals surface area contributed by atoms with E-state index in [1.54, 1.807) is 7.11 Å². The zero-order chi connectivity index (χ0) is 17.1. The van der Waals surface area contributed by atoms with Crippen LogP contribution in [0, 0.1) is 5.41 Å². The summed E-state index contributed by atoms with van der Waals surface area (Å²) in [6.07, 6.45) is 4.72. The molecular formula is C19H31ClN2O. The van der Waals surface area contributed by atoms with Crippen molar-refractivity contribution in [3.05, 3.63) is 28.8 Å². The Morgan fingerprint density at radius 3 is 2.39 bits per heavy atom. The Kier molecular flexibility index (Phi) is 5.99. The molecule has 0 heterocycles. The summed E-state index contributed by atoms with van der Waals surface area (Å²) < 4.78 is 5.20. The van der Waals surface area contributed by atoms with Crippen molar-refractivity contribution in [1.82, 2.24) is 5.32 Å². The molecule has 1 aromatic carbocycles. The molecule has 0 atom stereocenters. The molecule has 130 valence electrons. The van der Waals surface area contributed by atoms with Gasteiger partial charge in [0.25, 0.3) is 0 Å². The third-order valence-electron chi connectivity index (χ3n) is 4.93. The van der Waals surface area contributed by atoms with Gasteiger partial charge in [0.1, 0.15) is 6.73 Å². The van der Waals surface area contributed by atoms with E-state index in [-0.39, 0.29) is 5.54 Å². The number of methoxy groups -OCH3 is 1. The van der Waals surface area contributed by atoms with Gasteiger partial charge in [-0.25, -0.2) is 0 Å². The molecule has 1 aliphatic rings. The number of hydrogen-bond acceptors (Lipinski definition) is 3. The molecule has 0 saturated heterocycles. The molecule has 0 amide bonds. The van der Waals surface area contributed by atoms with Crippen LogP contribution in [0.4, 0.5) is 5.69 Å². The predicted octanol–water partition coefficient (Wildman–Crippen LogP) is 5.15. The number of rotatable bonds is 6. The number of benzene rings is 1. The lowest BCUT2D eigenvalue weighted by Gasteiger charge is -2.46. The summed E-state index contributed by atoms with van der Waals surface area (Å²) in [5.41, 5.74) is 2.81. The third kappa shape index (κ3) is 4.62. The van der Waals surface area contributed by atoms with Crippen molar-refractivity contribution in [1.29, 1.82) is 0 Å². The summed E-state index contributed by atoms with van der Waals surface area (Å²) in [6, 6.07) is 6.62. The Labute approximate surface area is 146 Å². The van der Waals surface area contributed by atoms with Gasteiger partial charge in [-0.2, -0.15) is 0 Å². The molecule has 1 saturated carbocycles. The van der Waals surface area contributed by atoms with Crippen molar-refractivity contribution >= 4 is 17.3 Å². The van der Waals surface area contributed by atoms with Crippen molar-refractivity contribution in [3.8, 4) is 0 Å². The zero-order valence-corrected chi connectivity index (χ0v) is 15.9. The van der Waals surface area contributed by atoms with Crippen molar-refractivity contribution in [2.45, 2.75) is 65.0 Å². The van der Waals surface area contributed by atoms with E-state index in [0.717, 1.165) is 23.6 Å². The molecule has 1 aliphatic carbocycles. The normalized spacial score (nSPS) is 19.8. The summed E-state index contributed by atoms with van der Waals surface area (Å²) in [5, 5.41) is 7.99. The van der Waals surface area contributed by atoms with Gasteiger partial charge in [0.15, 0.2) is 0 Å². The van der Waals surface area contributed by atoms with Crippen LogP contribution >= 0.6 is 11.6 Å². The number of ether oxygens (including phenoxy) is 1. The largest absolute Gasteiger partial charge is 0.365 e. The number of hydrogen-bond donors (Lipinski definition) is 2. The van der Waals surface area contributed by atoms with Crippen molar-refractivity contribution in [2.75, 3.05) is 19.2 Å². The molecule has 3 nitrogen and oxygen atoms in total. The molecule has 23 heavy (non-hydrogen) atoms. The standard InChI is InChI=1S/C19H31ClN2O/c1-14(2)22-19(10-8-18(3,4)9-11-19)16-7-6-15(20)12-17(16)21-13-23-5/h6-7,12,14,21-22H,8-11,13H2,1-5H3. The minimum absolute atomic E-state index is 0.00432. The average molecular weight is 339 g/mol. The van der Waals surface area contributed by atoms with E-state index < -0.39 is 0 Å². The van der Waals surface area contributed by atoms with Crippen LogP contribution in [0.3, 0.4) is 0 Å². The summed E-state index contributed by atoms with van der Waals surface area (Å²) in [4.78, 5) is 0. The van der Waals surface area contributed by atoms with Crippen molar-refractivity contribution < 1.29 is 4.74 Å². The van der Waals surface area contributed by atoms with E-state index in [1.165, 1.54) is 18.4 Å². The van der Waals surface area contributed by atoms with Crippen LogP contribution in [-0.2, 0) is 10.3 Å². The lowest BCUT2D eigenvalue weighted by Crippen LogP contribution is -2.49. The lowest BCUT2D eigenvalue weighted by molar-refractivity contribution is 0.126. The molecule has 2 rings (SSSR count). The zero-order valence-electron chi connectivity index (χ0n) is 15.1. The van der Waals surface area contributed by atoms with Crippen LogP contribution < -0.4 is 10.6 Å². The molecule has 0 radical (unpaired) electrons. The first-order valence-corrected chi connectivity index (χ1v) is 8.96. The maximum Gasteiger partial charge on any atom is 0.116 e. The summed E-state index contributed by atoms with van der Waals surface area (Å²) in [7, 11) is 1.70. The Balaban J connectivity index is 2.39. The van der Waals surface area contributed by atoms with Gasteiger partial charge in [-0.3, -0.25) is 0 Å². The SMILES string of the molecule is COCNc1cc(Cl)ccc1C1(NC(C)C)CCC(C)(C)CC1. The minimum Gasteiger partial charge on any atom is -0.365 e. The monoisotopic (exact) mass is 338 g/mol. The second-order valence-corrected chi connectivity index (χ2v) is 8.28. The van der Waals surface area contributed by atoms with Gasteiger partial charge in [0.2, 0.25) is 0 Å². The highest BCUT2D eigenvalue weighted by molar-refractivity contribution is 6.30. The molecule has 1 fully saturated rings. The maximum absolute atomic E-state index is 6.23. The van der Waals surface area contributed by atoms with Crippen LogP contribution in [0.2, 0.25) is 5.02 Å². The van der Waals surface area contributed by atoms with Gasteiger partial charge in [-0.15, -0.1) is 0 Å². The molecule has 0 unspecified atom stereocenters. The van der Waals surface area contributed by atoms with Gasteiger partial charge in [0, 0.05) is 29.4 Å². The number of anilines is 1. The Hall–Kier alpha value is -0.770. The first kappa shape index (κ1) is 18.6. The summed E-state index contributed by atoms with van der Waals surface area (Å²) in [5.74, 6) is 0. The fourth-order valence-electron chi connectivity index (χ4n) is 3.63. The van der Waals surface area contributed by atoms with Crippen LogP contribution in [0.5, 0.6) is 0 Å².